The first kappa shape index (κ1) is 16.7. The summed E-state index contributed by atoms with van der Waals surface area (Å²) >= 11 is 1.79. The van der Waals surface area contributed by atoms with Crippen molar-refractivity contribution < 1.29 is 9.59 Å². The van der Waals surface area contributed by atoms with Gasteiger partial charge in [0.1, 0.15) is 11.1 Å². The molecule has 4 nitrogen and oxygen atoms in total. The minimum atomic E-state index is -0.676. The molecule has 2 aliphatic rings. The molecule has 1 saturated heterocycles. The van der Waals surface area contributed by atoms with Gasteiger partial charge in [-0.15, -0.1) is 0 Å². The van der Waals surface area contributed by atoms with E-state index in [9.17, 15) is 9.59 Å². The van der Waals surface area contributed by atoms with E-state index in [4.69, 9.17) is 0 Å². The fourth-order valence-electron chi connectivity index (χ4n) is 3.58. The third kappa shape index (κ3) is 2.69. The molecule has 1 N–H and O–H groups in total. The van der Waals surface area contributed by atoms with E-state index in [0.29, 0.717) is 25.3 Å². The van der Waals surface area contributed by atoms with E-state index in [1.165, 1.54) is 0 Å². The van der Waals surface area contributed by atoms with E-state index < -0.39 is 11.1 Å². The molecule has 21 heavy (non-hydrogen) atoms. The topological polar surface area (TPSA) is 49.4 Å². The number of nitrogens with zero attached hydrogens (tertiary/aromatic N) is 1. The molecule has 1 saturated carbocycles. The molecule has 0 radical (unpaired) electrons. The number of thioether (sulfide) groups is 1. The number of piperazine rings is 1. The van der Waals surface area contributed by atoms with Crippen molar-refractivity contribution in [2.45, 2.75) is 64.0 Å². The summed E-state index contributed by atoms with van der Waals surface area (Å²) in [6.45, 7) is 6.63. The zero-order chi connectivity index (χ0) is 15.7. The van der Waals surface area contributed by atoms with E-state index in [-0.39, 0.29) is 11.8 Å². The Labute approximate surface area is 132 Å². The summed E-state index contributed by atoms with van der Waals surface area (Å²) in [6.07, 6.45) is 6.48. The minimum Gasteiger partial charge on any atom is -0.340 e. The molecule has 1 aliphatic heterocycles. The summed E-state index contributed by atoms with van der Waals surface area (Å²) in [5.74, 6) is 1.53. The van der Waals surface area contributed by atoms with Crippen LogP contribution in [0.15, 0.2) is 0 Å². The lowest BCUT2D eigenvalue weighted by atomic mass is 9.80. The lowest BCUT2D eigenvalue weighted by molar-refractivity contribution is -0.164. The Balaban J connectivity index is 2.29. The van der Waals surface area contributed by atoms with Crippen molar-refractivity contribution in [2.24, 2.45) is 5.92 Å². The highest BCUT2D eigenvalue weighted by Crippen LogP contribution is 2.44. The van der Waals surface area contributed by atoms with Crippen LogP contribution < -0.4 is 5.32 Å². The van der Waals surface area contributed by atoms with Crippen LogP contribution in [0.25, 0.3) is 0 Å². The Bertz CT molecular complexity index is 419. The fraction of sp³-hybridized carbons (Fsp3) is 0.875. The quantitative estimate of drug-likeness (QED) is 0.735. The zero-order valence-corrected chi connectivity index (χ0v) is 14.5. The number of nitrogens with one attached hydrogen (secondary N) is 1. The molecule has 120 valence electrons. The Kier molecular flexibility index (Phi) is 4.91. The predicted molar refractivity (Wildman–Crippen MR) is 87.3 cm³/mol. The number of rotatable bonds is 7. The summed E-state index contributed by atoms with van der Waals surface area (Å²) in [6, 6.07) is 0. The van der Waals surface area contributed by atoms with Gasteiger partial charge < -0.3 is 10.2 Å². The first-order valence-electron chi connectivity index (χ1n) is 8.10. The maximum Gasteiger partial charge on any atom is 0.249 e. The second kappa shape index (κ2) is 6.19. The van der Waals surface area contributed by atoms with Gasteiger partial charge in [0.25, 0.3) is 0 Å². The highest BCUT2D eigenvalue weighted by atomic mass is 32.2. The number of carbonyl (C=O) groups excluding carboxylic acids is 2. The van der Waals surface area contributed by atoms with Crippen LogP contribution in [-0.4, -0.2) is 46.3 Å². The van der Waals surface area contributed by atoms with Crippen molar-refractivity contribution in [1.82, 2.24) is 10.2 Å². The molecule has 0 aromatic heterocycles. The standard InChI is InChI=1S/C16H28N2O2S/c1-5-16(6-2)13(19)17-15(3,12-8-9-12)14(20)18(16)10-7-11-21-4/h12H,5-11H2,1-4H3,(H,17,19). The molecule has 1 atom stereocenters. The van der Waals surface area contributed by atoms with E-state index in [2.05, 4.69) is 11.6 Å². The Morgan fingerprint density at radius 1 is 1.29 bits per heavy atom. The summed E-state index contributed by atoms with van der Waals surface area (Å²) in [4.78, 5) is 27.8. The number of hydrogen-bond donors (Lipinski definition) is 1. The first-order chi connectivity index (χ1) is 9.96. The Morgan fingerprint density at radius 3 is 2.38 bits per heavy atom. The van der Waals surface area contributed by atoms with Gasteiger partial charge in [-0.1, -0.05) is 13.8 Å². The zero-order valence-electron chi connectivity index (χ0n) is 13.7. The molecule has 1 aliphatic carbocycles. The molecule has 0 aromatic rings. The van der Waals surface area contributed by atoms with Crippen molar-refractivity contribution >= 4 is 23.6 Å². The van der Waals surface area contributed by atoms with Crippen molar-refractivity contribution in [3.63, 3.8) is 0 Å². The van der Waals surface area contributed by atoms with Gasteiger partial charge in [0, 0.05) is 6.54 Å². The lowest BCUT2D eigenvalue weighted by Crippen LogP contribution is -2.75. The second-order valence-electron chi connectivity index (χ2n) is 6.47. The summed E-state index contributed by atoms with van der Waals surface area (Å²) in [5.41, 5.74) is -1.33. The van der Waals surface area contributed by atoms with Crippen LogP contribution in [0.4, 0.5) is 0 Å². The lowest BCUT2D eigenvalue weighted by Gasteiger charge is -2.51. The number of carbonyl (C=O) groups is 2. The van der Waals surface area contributed by atoms with Gasteiger partial charge in [0.15, 0.2) is 0 Å². The molecule has 0 bridgehead atoms. The normalized spacial score (nSPS) is 28.7. The average molecular weight is 312 g/mol. The van der Waals surface area contributed by atoms with Crippen LogP contribution >= 0.6 is 11.8 Å². The smallest absolute Gasteiger partial charge is 0.249 e. The minimum absolute atomic E-state index is 0.0469. The van der Waals surface area contributed by atoms with Crippen molar-refractivity contribution in [2.75, 3.05) is 18.6 Å². The first-order valence-corrected chi connectivity index (χ1v) is 9.49. The number of hydrogen-bond acceptors (Lipinski definition) is 3. The maximum atomic E-state index is 13.1. The van der Waals surface area contributed by atoms with Crippen LogP contribution in [0.5, 0.6) is 0 Å². The van der Waals surface area contributed by atoms with Crippen LogP contribution in [-0.2, 0) is 9.59 Å². The van der Waals surface area contributed by atoms with Crippen molar-refractivity contribution in [3.05, 3.63) is 0 Å². The van der Waals surface area contributed by atoms with Crippen LogP contribution in [0.2, 0.25) is 0 Å². The van der Waals surface area contributed by atoms with Crippen LogP contribution in [0.3, 0.4) is 0 Å². The average Bonchev–Trinajstić information content (AvgIpc) is 3.30. The molecule has 1 heterocycles. The summed E-state index contributed by atoms with van der Waals surface area (Å²) < 4.78 is 0. The van der Waals surface area contributed by atoms with Crippen molar-refractivity contribution in [3.8, 4) is 0 Å². The van der Waals surface area contributed by atoms with E-state index >= 15 is 0 Å². The number of amides is 2. The van der Waals surface area contributed by atoms with E-state index in [1.54, 1.807) is 11.8 Å². The van der Waals surface area contributed by atoms with Gasteiger partial charge in [-0.3, -0.25) is 9.59 Å². The van der Waals surface area contributed by atoms with Crippen LogP contribution in [0.1, 0.15) is 52.9 Å². The third-order valence-electron chi connectivity index (χ3n) is 5.30. The van der Waals surface area contributed by atoms with E-state index in [0.717, 1.165) is 25.0 Å². The second-order valence-corrected chi connectivity index (χ2v) is 7.46. The maximum absolute atomic E-state index is 13.1. The summed E-state index contributed by atoms with van der Waals surface area (Å²) in [7, 11) is 0. The molecule has 2 amide bonds. The van der Waals surface area contributed by atoms with Gasteiger partial charge in [-0.05, 0) is 57.0 Å². The Hall–Kier alpha value is -0.710. The monoisotopic (exact) mass is 312 g/mol. The molecule has 0 aromatic carbocycles. The highest BCUT2D eigenvalue weighted by molar-refractivity contribution is 7.98. The molecule has 2 fully saturated rings. The fourth-order valence-corrected chi connectivity index (χ4v) is 3.99. The van der Waals surface area contributed by atoms with Gasteiger partial charge in [0.05, 0.1) is 0 Å². The SMILES string of the molecule is CCC1(CC)C(=O)NC(C)(C2CC2)C(=O)N1CCCSC. The largest absolute Gasteiger partial charge is 0.340 e. The highest BCUT2D eigenvalue weighted by Gasteiger charge is 2.59. The van der Waals surface area contributed by atoms with Crippen molar-refractivity contribution in [1.29, 1.82) is 0 Å². The van der Waals surface area contributed by atoms with E-state index in [1.807, 2.05) is 25.7 Å². The molecular weight excluding hydrogens is 284 g/mol. The molecule has 0 spiro atoms. The van der Waals surface area contributed by atoms with Gasteiger partial charge in [-0.25, -0.2) is 0 Å². The van der Waals surface area contributed by atoms with Gasteiger partial charge in [-0.2, -0.15) is 11.8 Å². The third-order valence-corrected chi connectivity index (χ3v) is 5.99. The van der Waals surface area contributed by atoms with Gasteiger partial charge in [0.2, 0.25) is 11.8 Å². The predicted octanol–water partition coefficient (Wildman–Crippen LogP) is 2.43. The molecule has 1 unspecified atom stereocenters. The van der Waals surface area contributed by atoms with Crippen LogP contribution in [0, 0.1) is 5.92 Å². The molecule has 2 rings (SSSR count). The molecular formula is C16H28N2O2S. The Morgan fingerprint density at radius 2 is 1.90 bits per heavy atom. The molecule has 5 heteroatoms. The van der Waals surface area contributed by atoms with Gasteiger partial charge >= 0.3 is 0 Å². The summed E-state index contributed by atoms with van der Waals surface area (Å²) in [5, 5.41) is 3.08.